The molecule has 35 heteroatoms. The van der Waals surface area contributed by atoms with Gasteiger partial charge in [0.15, 0.2) is 18.9 Å². The highest BCUT2D eigenvalue weighted by Gasteiger charge is 2.48. The van der Waals surface area contributed by atoms with Gasteiger partial charge in [-0.1, -0.05) is 0 Å². The number of benzene rings is 1. The van der Waals surface area contributed by atoms with E-state index >= 15 is 0 Å². The molecule has 502 valence electrons. The van der Waals surface area contributed by atoms with Crippen molar-refractivity contribution in [1.29, 1.82) is 0 Å². The number of hydrogen-bond acceptors (Lipinski definition) is 28. The zero-order valence-corrected chi connectivity index (χ0v) is 49.4. The molecule has 0 bridgehead atoms. The van der Waals surface area contributed by atoms with Gasteiger partial charge in [0.05, 0.1) is 92.4 Å². The van der Waals surface area contributed by atoms with Gasteiger partial charge in [-0.05, 0) is 30.7 Å². The van der Waals surface area contributed by atoms with Crippen molar-refractivity contribution in [2.24, 2.45) is 0 Å². The Morgan fingerprint density at radius 3 is 1.26 bits per heavy atom. The fourth-order valence-corrected chi connectivity index (χ4v) is 9.19. The first-order valence-electron chi connectivity index (χ1n) is 28.5. The summed E-state index contributed by atoms with van der Waals surface area (Å²) in [5.74, 6) is -4.03. The zero-order chi connectivity index (χ0) is 64.9. The second kappa shape index (κ2) is 39.6. The fraction of sp³-hybridized carbons (Fsp3) is 0.755. The molecule has 35 nitrogen and oxygen atoms in total. The van der Waals surface area contributed by atoms with Crippen molar-refractivity contribution in [3.8, 4) is 5.75 Å². The molecule has 7 amide bonds. The van der Waals surface area contributed by atoms with E-state index in [1.54, 1.807) is 0 Å². The van der Waals surface area contributed by atoms with Gasteiger partial charge in [0, 0.05) is 52.4 Å². The van der Waals surface area contributed by atoms with E-state index in [1.807, 2.05) is 0 Å². The number of nitrogens with one attached hydrogen (secondary N) is 7. The Bertz CT molecular complexity index is 2210. The minimum absolute atomic E-state index is 0.0295. The molecule has 3 aliphatic heterocycles. The molecule has 17 N–H and O–H groups in total. The van der Waals surface area contributed by atoms with Crippen LogP contribution in [0, 0.1) is 0 Å². The molecule has 0 spiro atoms. The predicted molar refractivity (Wildman–Crippen MR) is 296 cm³/mol. The van der Waals surface area contributed by atoms with E-state index in [1.165, 1.54) is 52.1 Å². The van der Waals surface area contributed by atoms with Crippen LogP contribution in [0.1, 0.15) is 44.0 Å². The van der Waals surface area contributed by atoms with Gasteiger partial charge in [-0.2, -0.15) is 0 Å². The molecule has 0 radical (unpaired) electrons. The third-order valence-corrected chi connectivity index (χ3v) is 13.8. The average molecular weight is 1270 g/mol. The fourth-order valence-electron chi connectivity index (χ4n) is 9.19. The molecule has 0 saturated carbocycles. The Hall–Kier alpha value is -5.49. The van der Waals surface area contributed by atoms with Crippen LogP contribution in [-0.2, 0) is 71.4 Å². The summed E-state index contributed by atoms with van der Waals surface area (Å²) in [7, 11) is 1.44. The van der Waals surface area contributed by atoms with E-state index in [9.17, 15) is 84.6 Å². The topological polar surface area (TPSA) is 502 Å². The maximum Gasteiger partial charge on any atom is 0.251 e. The standard InChI is InChI=1S/C53H88N8O27/c1-28(65)57-40-46(74)43(71)34(25-62)86-51(40)83-20-17-80-14-11-54-37(68)23-61(24-38(69)55-12-15-81-18-21-84-52-41(58-29(2)66)47(75)44(72)35(26-63)87-52)39(70)10-9-33(60-49(77)31-5-7-32(79-4)8-6-31)50(78)56-13-16-82-19-22-85-53-42(59-30(3)67)48(76)45(73)36(27-64)88-53/h5-8,33-36,40-48,50-53,56,62-64,71-76,78H,9-27H2,1-4H3,(H,54,68)(H,55,69)(H,57,65)(H,58,66)(H,59,67)(H,60,77). The van der Waals surface area contributed by atoms with Crippen molar-refractivity contribution in [3.63, 3.8) is 0 Å². The van der Waals surface area contributed by atoms with Crippen molar-refractivity contribution >= 4 is 41.4 Å². The number of nitrogens with zero attached hydrogens (tertiary/aromatic N) is 1. The predicted octanol–water partition coefficient (Wildman–Crippen LogP) is -9.53. The van der Waals surface area contributed by atoms with Crippen molar-refractivity contribution in [2.75, 3.05) is 119 Å². The van der Waals surface area contributed by atoms with Gasteiger partial charge < -0.3 is 135 Å². The van der Waals surface area contributed by atoms with E-state index in [-0.39, 0.29) is 91.1 Å². The van der Waals surface area contributed by atoms with Gasteiger partial charge in [-0.25, -0.2) is 0 Å². The van der Waals surface area contributed by atoms with Gasteiger partial charge >= 0.3 is 0 Å². The molecule has 0 aromatic heterocycles. The zero-order valence-electron chi connectivity index (χ0n) is 49.4. The van der Waals surface area contributed by atoms with E-state index in [0.29, 0.717) is 5.75 Å². The molecule has 1 aromatic carbocycles. The second-order valence-corrected chi connectivity index (χ2v) is 20.4. The lowest BCUT2D eigenvalue weighted by Gasteiger charge is -2.42. The Labute approximate surface area is 506 Å². The van der Waals surface area contributed by atoms with Crippen LogP contribution in [0.15, 0.2) is 24.3 Å². The van der Waals surface area contributed by atoms with E-state index in [4.69, 9.17) is 47.4 Å². The first-order valence-corrected chi connectivity index (χ1v) is 28.5. The van der Waals surface area contributed by atoms with Crippen LogP contribution >= 0.6 is 0 Å². The van der Waals surface area contributed by atoms with Gasteiger partial charge in [0.25, 0.3) is 5.91 Å². The summed E-state index contributed by atoms with van der Waals surface area (Å²) in [5.41, 5.74) is 0.168. The minimum atomic E-state index is -1.53. The lowest BCUT2D eigenvalue weighted by molar-refractivity contribution is -0.272. The Kier molecular flexibility index (Phi) is 33.7. The molecule has 4 rings (SSSR count). The molecule has 17 atom stereocenters. The largest absolute Gasteiger partial charge is 0.497 e. The summed E-state index contributed by atoms with van der Waals surface area (Å²) in [5, 5.41) is 121. The number of aliphatic hydroxyl groups excluding tert-OH is 10. The number of carbonyl (C=O) groups is 7. The Morgan fingerprint density at radius 2 is 0.909 bits per heavy atom. The first kappa shape index (κ1) is 75.0. The molecule has 3 heterocycles. The highest BCUT2D eigenvalue weighted by atomic mass is 16.7. The van der Waals surface area contributed by atoms with E-state index in [0.717, 1.165) is 4.90 Å². The van der Waals surface area contributed by atoms with Crippen LogP contribution in [0.25, 0.3) is 0 Å². The van der Waals surface area contributed by atoms with E-state index in [2.05, 4.69) is 37.2 Å². The molecular formula is C53H88N8O27. The first-order chi connectivity index (χ1) is 42.0. The van der Waals surface area contributed by atoms with Crippen LogP contribution in [0.5, 0.6) is 5.75 Å². The Morgan fingerprint density at radius 1 is 0.534 bits per heavy atom. The summed E-state index contributed by atoms with van der Waals surface area (Å²) in [6.45, 7) is -0.893. The maximum atomic E-state index is 14.1. The normalized spacial score (nSPS) is 27.7. The molecular weight excluding hydrogens is 1180 g/mol. The number of amides is 7. The second-order valence-electron chi connectivity index (χ2n) is 20.4. The smallest absolute Gasteiger partial charge is 0.251 e. The van der Waals surface area contributed by atoms with Crippen molar-refractivity contribution in [2.45, 2.75) is 138 Å². The third-order valence-electron chi connectivity index (χ3n) is 13.8. The molecule has 17 unspecified atom stereocenters. The van der Waals surface area contributed by atoms with Crippen molar-refractivity contribution in [1.82, 2.24) is 42.1 Å². The van der Waals surface area contributed by atoms with Crippen molar-refractivity contribution in [3.05, 3.63) is 29.8 Å². The number of ether oxygens (including phenoxy) is 10. The van der Waals surface area contributed by atoms with Crippen molar-refractivity contribution < 1.29 is 132 Å². The van der Waals surface area contributed by atoms with Crippen LogP contribution in [0.2, 0.25) is 0 Å². The summed E-state index contributed by atoms with van der Waals surface area (Å²) in [4.78, 5) is 90.6. The quantitative estimate of drug-likeness (QED) is 0.0215. The maximum absolute atomic E-state index is 14.1. The highest BCUT2D eigenvalue weighted by molar-refractivity contribution is 5.94. The third kappa shape index (κ3) is 24.7. The number of aliphatic hydroxyl groups is 10. The lowest BCUT2D eigenvalue weighted by Crippen LogP contribution is -2.64. The molecule has 3 aliphatic rings. The summed E-state index contributed by atoms with van der Waals surface area (Å²) < 4.78 is 55.4. The van der Waals surface area contributed by atoms with Crippen LogP contribution < -0.4 is 42.0 Å². The average Bonchev–Trinajstić information content (AvgIpc) is 1.53. The number of rotatable bonds is 39. The summed E-state index contributed by atoms with van der Waals surface area (Å²) >= 11 is 0. The van der Waals surface area contributed by atoms with Crippen LogP contribution in [0.3, 0.4) is 0 Å². The number of methoxy groups -OCH3 is 1. The van der Waals surface area contributed by atoms with Gasteiger partial charge in [-0.3, -0.25) is 38.9 Å². The van der Waals surface area contributed by atoms with E-state index < -0.39 is 185 Å². The molecule has 0 aliphatic carbocycles. The summed E-state index contributed by atoms with van der Waals surface area (Å²) in [6.07, 6.45) is -18.8. The monoisotopic (exact) mass is 1270 g/mol. The molecule has 1 aromatic rings. The number of hydrogen-bond donors (Lipinski definition) is 17. The van der Waals surface area contributed by atoms with Crippen LogP contribution in [-0.4, -0.2) is 321 Å². The highest BCUT2D eigenvalue weighted by Crippen LogP contribution is 2.25. The van der Waals surface area contributed by atoms with Crippen LogP contribution in [0.4, 0.5) is 0 Å². The SMILES string of the molecule is COc1ccc(C(=O)NC(CCC(=O)N(CC(=O)NCCOCCOC2OC(CO)C(O)C(O)C2NC(C)=O)CC(=O)NCCOCCOC2OC(CO)C(O)C(O)C2NC(C)=O)C(O)NCCOCCOC2OC(CO)C(O)C(O)C2NC(C)=O)cc1. The lowest BCUT2D eigenvalue weighted by atomic mass is 9.97. The molecule has 3 fully saturated rings. The Balaban J connectivity index is 1.36. The number of carbonyl (C=O) groups excluding carboxylic acids is 7. The minimum Gasteiger partial charge on any atom is -0.497 e. The molecule has 88 heavy (non-hydrogen) atoms. The molecule has 3 saturated heterocycles. The van der Waals surface area contributed by atoms with Gasteiger partial charge in [0.2, 0.25) is 35.4 Å². The van der Waals surface area contributed by atoms with Gasteiger partial charge in [-0.15, -0.1) is 0 Å². The van der Waals surface area contributed by atoms with Gasteiger partial charge in [0.1, 0.15) is 98.1 Å². The summed E-state index contributed by atoms with van der Waals surface area (Å²) in [6, 6.07) is 1.29.